The molecular weight excluding hydrogens is 209 g/mol. The maximum absolute atomic E-state index is 13.0. The smallest absolute Gasteiger partial charge is 0.165 e. The summed E-state index contributed by atoms with van der Waals surface area (Å²) in [6.45, 7) is 4.19. The predicted octanol–water partition coefficient (Wildman–Crippen LogP) is 1.90. The Bertz CT molecular complexity index is 331. The fourth-order valence-corrected chi connectivity index (χ4v) is 1.47. The first kappa shape index (κ1) is 12.9. The van der Waals surface area contributed by atoms with E-state index in [1.165, 1.54) is 12.1 Å². The van der Waals surface area contributed by atoms with Crippen molar-refractivity contribution in [2.24, 2.45) is 5.92 Å². The number of phenolic OH excluding ortho intramolecular Hbond substituents is 1. The van der Waals surface area contributed by atoms with Gasteiger partial charge in [-0.1, -0.05) is 13.0 Å². The van der Waals surface area contributed by atoms with Gasteiger partial charge in [-0.05, 0) is 23.6 Å². The quantitative estimate of drug-likeness (QED) is 0.780. The second-order valence-corrected chi connectivity index (χ2v) is 3.98. The number of halogens is 1. The van der Waals surface area contributed by atoms with Gasteiger partial charge >= 0.3 is 0 Å². The minimum atomic E-state index is -0.579. The summed E-state index contributed by atoms with van der Waals surface area (Å²) in [6.07, 6.45) is 0. The summed E-state index contributed by atoms with van der Waals surface area (Å²) in [4.78, 5) is 0. The Balaban J connectivity index is 2.34. The number of ether oxygens (including phenoxy) is 1. The molecule has 0 radical (unpaired) electrons. The molecule has 1 aromatic carbocycles. The lowest BCUT2D eigenvalue weighted by atomic mass is 10.1. The molecule has 1 rings (SSSR count). The van der Waals surface area contributed by atoms with E-state index in [2.05, 4.69) is 12.2 Å². The summed E-state index contributed by atoms with van der Waals surface area (Å²) >= 11 is 0. The summed E-state index contributed by atoms with van der Waals surface area (Å²) in [6, 6.07) is 4.40. The van der Waals surface area contributed by atoms with E-state index in [1.807, 2.05) is 0 Å². The lowest BCUT2D eigenvalue weighted by Crippen LogP contribution is -2.23. The highest BCUT2D eigenvalue weighted by Crippen LogP contribution is 2.15. The molecule has 1 aromatic rings. The molecule has 0 saturated carbocycles. The Morgan fingerprint density at radius 2 is 2.25 bits per heavy atom. The Kier molecular flexibility index (Phi) is 5.22. The molecule has 0 bridgehead atoms. The van der Waals surface area contributed by atoms with E-state index in [0.29, 0.717) is 19.1 Å². The first-order valence-corrected chi connectivity index (χ1v) is 5.30. The third-order valence-electron chi connectivity index (χ3n) is 2.29. The Labute approximate surface area is 95.2 Å². The van der Waals surface area contributed by atoms with Crippen LogP contribution in [0.15, 0.2) is 18.2 Å². The van der Waals surface area contributed by atoms with Crippen LogP contribution in [0.1, 0.15) is 12.5 Å². The van der Waals surface area contributed by atoms with Crippen molar-refractivity contribution in [3.8, 4) is 5.75 Å². The van der Waals surface area contributed by atoms with Crippen molar-refractivity contribution in [2.45, 2.75) is 13.5 Å². The van der Waals surface area contributed by atoms with Gasteiger partial charge in [0.15, 0.2) is 11.6 Å². The van der Waals surface area contributed by atoms with Crippen molar-refractivity contribution < 1.29 is 14.2 Å². The number of benzene rings is 1. The van der Waals surface area contributed by atoms with Gasteiger partial charge in [0.1, 0.15) is 0 Å². The fourth-order valence-electron chi connectivity index (χ4n) is 1.47. The topological polar surface area (TPSA) is 41.5 Å². The number of phenols is 1. The van der Waals surface area contributed by atoms with Crippen molar-refractivity contribution in [1.82, 2.24) is 5.32 Å². The molecule has 0 aliphatic carbocycles. The van der Waals surface area contributed by atoms with Gasteiger partial charge in [0, 0.05) is 26.8 Å². The van der Waals surface area contributed by atoms with Crippen LogP contribution >= 0.6 is 0 Å². The summed E-state index contributed by atoms with van der Waals surface area (Å²) in [5.41, 5.74) is 0.819. The zero-order valence-corrected chi connectivity index (χ0v) is 9.66. The highest BCUT2D eigenvalue weighted by Gasteiger charge is 2.03. The maximum atomic E-state index is 13.0. The molecule has 0 aromatic heterocycles. The molecule has 16 heavy (non-hydrogen) atoms. The summed E-state index contributed by atoms with van der Waals surface area (Å²) in [7, 11) is 1.67. The Morgan fingerprint density at radius 3 is 2.88 bits per heavy atom. The lowest BCUT2D eigenvalue weighted by molar-refractivity contribution is 0.158. The standard InChI is InChI=1S/C12H18FNO2/c1-9(8-16-2)6-14-7-10-3-4-12(15)11(13)5-10/h3-5,9,14-15H,6-8H2,1-2H3. The molecule has 4 heteroatoms. The Hall–Kier alpha value is -1.13. The third-order valence-corrected chi connectivity index (χ3v) is 2.29. The summed E-state index contributed by atoms with van der Waals surface area (Å²) < 4.78 is 18.0. The molecule has 3 nitrogen and oxygen atoms in total. The largest absolute Gasteiger partial charge is 0.505 e. The van der Waals surface area contributed by atoms with Crippen LogP contribution in [0.5, 0.6) is 5.75 Å². The number of aromatic hydroxyl groups is 1. The van der Waals surface area contributed by atoms with Crippen molar-refractivity contribution in [3.05, 3.63) is 29.6 Å². The molecule has 0 heterocycles. The number of methoxy groups -OCH3 is 1. The van der Waals surface area contributed by atoms with Crippen molar-refractivity contribution >= 4 is 0 Å². The average Bonchev–Trinajstić information content (AvgIpc) is 2.24. The number of hydrogen-bond donors (Lipinski definition) is 2. The van der Waals surface area contributed by atoms with Crippen LogP contribution in [0.2, 0.25) is 0 Å². The van der Waals surface area contributed by atoms with Crippen LogP contribution in [0.4, 0.5) is 4.39 Å². The van der Waals surface area contributed by atoms with Crippen molar-refractivity contribution in [1.29, 1.82) is 0 Å². The summed E-state index contributed by atoms with van der Waals surface area (Å²) in [5.74, 6) is -0.465. The second kappa shape index (κ2) is 6.45. The molecule has 1 atom stereocenters. The zero-order valence-electron chi connectivity index (χ0n) is 9.66. The van der Waals surface area contributed by atoms with Crippen molar-refractivity contribution in [3.63, 3.8) is 0 Å². The van der Waals surface area contributed by atoms with Crippen LogP contribution in [0, 0.1) is 11.7 Å². The fraction of sp³-hybridized carbons (Fsp3) is 0.500. The lowest BCUT2D eigenvalue weighted by Gasteiger charge is -2.11. The molecule has 0 aliphatic heterocycles. The molecule has 2 N–H and O–H groups in total. The van der Waals surface area contributed by atoms with E-state index in [0.717, 1.165) is 12.1 Å². The van der Waals surface area contributed by atoms with Crippen LogP contribution in [0.3, 0.4) is 0 Å². The van der Waals surface area contributed by atoms with Gasteiger partial charge in [-0.2, -0.15) is 0 Å². The van der Waals surface area contributed by atoms with Gasteiger partial charge < -0.3 is 15.2 Å². The first-order chi connectivity index (χ1) is 7.63. The number of rotatable bonds is 6. The predicted molar refractivity (Wildman–Crippen MR) is 60.8 cm³/mol. The van der Waals surface area contributed by atoms with E-state index in [1.54, 1.807) is 13.2 Å². The molecule has 1 unspecified atom stereocenters. The normalized spacial score (nSPS) is 12.7. The highest BCUT2D eigenvalue weighted by molar-refractivity contribution is 5.27. The Morgan fingerprint density at radius 1 is 1.50 bits per heavy atom. The molecular formula is C12H18FNO2. The van der Waals surface area contributed by atoms with Crippen LogP contribution < -0.4 is 5.32 Å². The highest BCUT2D eigenvalue weighted by atomic mass is 19.1. The van der Waals surface area contributed by atoms with Crippen molar-refractivity contribution in [2.75, 3.05) is 20.3 Å². The second-order valence-electron chi connectivity index (χ2n) is 3.98. The van der Waals surface area contributed by atoms with E-state index >= 15 is 0 Å². The van der Waals surface area contributed by atoms with Gasteiger partial charge in [-0.15, -0.1) is 0 Å². The average molecular weight is 227 g/mol. The third kappa shape index (κ3) is 4.16. The van der Waals surface area contributed by atoms with Crippen LogP contribution in [-0.2, 0) is 11.3 Å². The molecule has 90 valence electrons. The van der Waals surface area contributed by atoms with E-state index in [4.69, 9.17) is 9.84 Å². The SMILES string of the molecule is COCC(C)CNCc1ccc(O)c(F)c1. The van der Waals surface area contributed by atoms with Gasteiger partial charge in [-0.3, -0.25) is 0 Å². The molecule has 0 saturated heterocycles. The molecule has 0 fully saturated rings. The summed E-state index contributed by atoms with van der Waals surface area (Å²) in [5, 5.41) is 12.2. The van der Waals surface area contributed by atoms with Gasteiger partial charge in [-0.25, -0.2) is 4.39 Å². The van der Waals surface area contributed by atoms with Gasteiger partial charge in [0.05, 0.1) is 0 Å². The van der Waals surface area contributed by atoms with E-state index in [9.17, 15) is 4.39 Å². The number of hydrogen-bond acceptors (Lipinski definition) is 3. The maximum Gasteiger partial charge on any atom is 0.165 e. The monoisotopic (exact) mass is 227 g/mol. The first-order valence-electron chi connectivity index (χ1n) is 5.30. The van der Waals surface area contributed by atoms with Crippen LogP contribution in [-0.4, -0.2) is 25.4 Å². The van der Waals surface area contributed by atoms with E-state index in [-0.39, 0.29) is 5.75 Å². The minimum absolute atomic E-state index is 0.309. The number of nitrogens with one attached hydrogen (secondary N) is 1. The molecule has 0 amide bonds. The van der Waals surface area contributed by atoms with Gasteiger partial charge in [0.25, 0.3) is 0 Å². The minimum Gasteiger partial charge on any atom is -0.505 e. The van der Waals surface area contributed by atoms with Gasteiger partial charge in [0.2, 0.25) is 0 Å². The van der Waals surface area contributed by atoms with E-state index < -0.39 is 5.82 Å². The molecule has 0 spiro atoms. The zero-order chi connectivity index (χ0) is 12.0. The molecule has 0 aliphatic rings. The van der Waals surface area contributed by atoms with Crippen LogP contribution in [0.25, 0.3) is 0 Å².